The summed E-state index contributed by atoms with van der Waals surface area (Å²) >= 11 is 6.02. The van der Waals surface area contributed by atoms with Gasteiger partial charge in [-0.15, -0.1) is 0 Å². The second kappa shape index (κ2) is 6.62. The number of rotatable bonds is 3. The van der Waals surface area contributed by atoms with Crippen LogP contribution in [0.2, 0.25) is 5.02 Å². The molecule has 0 unspecified atom stereocenters. The number of carbonyl (C=O) groups excluding carboxylic acids is 1. The molecule has 1 aliphatic rings. The highest BCUT2D eigenvalue weighted by Gasteiger charge is 2.24. The first-order chi connectivity index (χ1) is 9.58. The molecule has 0 radical (unpaired) electrons. The van der Waals surface area contributed by atoms with Crippen LogP contribution in [-0.4, -0.2) is 17.6 Å². The highest BCUT2D eigenvalue weighted by Crippen LogP contribution is 2.28. The van der Waals surface area contributed by atoms with Crippen LogP contribution in [0.25, 0.3) is 0 Å². The molecule has 0 aromatic heterocycles. The molecule has 0 saturated heterocycles. The standard InChI is InChI=1S/C16H18ClNO2/c1-12(2)11-20-16(19)18-9-4-3-8-15(18)13-6-5-7-14(17)10-13/h3-10,12,15H,11H2,1-2H3/t15-/m1/s1. The van der Waals surface area contributed by atoms with E-state index >= 15 is 0 Å². The smallest absolute Gasteiger partial charge is 0.414 e. The average Bonchev–Trinajstić information content (AvgIpc) is 2.44. The molecule has 0 spiro atoms. The van der Waals surface area contributed by atoms with E-state index in [-0.39, 0.29) is 12.1 Å². The first-order valence-electron chi connectivity index (χ1n) is 6.63. The first-order valence-corrected chi connectivity index (χ1v) is 7.01. The van der Waals surface area contributed by atoms with Crippen molar-refractivity contribution in [1.29, 1.82) is 0 Å². The van der Waals surface area contributed by atoms with Crippen molar-refractivity contribution in [1.82, 2.24) is 4.90 Å². The molecule has 1 aromatic rings. The van der Waals surface area contributed by atoms with E-state index in [0.29, 0.717) is 17.5 Å². The largest absolute Gasteiger partial charge is 0.449 e. The van der Waals surface area contributed by atoms with Gasteiger partial charge in [0.2, 0.25) is 0 Å². The van der Waals surface area contributed by atoms with Gasteiger partial charge in [0.05, 0.1) is 12.6 Å². The Morgan fingerprint density at radius 3 is 2.90 bits per heavy atom. The Labute approximate surface area is 124 Å². The summed E-state index contributed by atoms with van der Waals surface area (Å²) in [5.41, 5.74) is 0.958. The maximum Gasteiger partial charge on any atom is 0.414 e. The monoisotopic (exact) mass is 291 g/mol. The summed E-state index contributed by atoms with van der Waals surface area (Å²) in [5.74, 6) is 0.313. The van der Waals surface area contributed by atoms with E-state index in [1.807, 2.05) is 56.3 Å². The molecule has 3 nitrogen and oxygen atoms in total. The molecular formula is C16H18ClNO2. The Morgan fingerprint density at radius 2 is 2.20 bits per heavy atom. The van der Waals surface area contributed by atoms with Crippen LogP contribution in [0.1, 0.15) is 25.5 Å². The lowest BCUT2D eigenvalue weighted by atomic mass is 10.0. The minimum atomic E-state index is -0.343. The maximum atomic E-state index is 12.2. The summed E-state index contributed by atoms with van der Waals surface area (Å²) in [7, 11) is 0. The molecule has 1 atom stereocenters. The molecule has 4 heteroatoms. The lowest BCUT2D eigenvalue weighted by Crippen LogP contribution is -2.31. The SMILES string of the molecule is CC(C)COC(=O)N1C=CC=C[C@@H]1c1cccc(Cl)c1. The molecule has 106 valence electrons. The molecule has 0 saturated carbocycles. The van der Waals surface area contributed by atoms with Crippen molar-refractivity contribution >= 4 is 17.7 Å². The van der Waals surface area contributed by atoms with E-state index in [1.165, 1.54) is 0 Å². The second-order valence-corrected chi connectivity index (χ2v) is 5.54. The van der Waals surface area contributed by atoms with E-state index in [1.54, 1.807) is 11.1 Å². The van der Waals surface area contributed by atoms with Gasteiger partial charge in [-0.25, -0.2) is 4.79 Å². The van der Waals surface area contributed by atoms with Crippen LogP contribution in [0.4, 0.5) is 4.79 Å². The molecule has 0 fully saturated rings. The van der Waals surface area contributed by atoms with Gasteiger partial charge in [-0.05, 0) is 29.7 Å². The zero-order valence-electron chi connectivity index (χ0n) is 11.6. The number of hydrogen-bond donors (Lipinski definition) is 0. The van der Waals surface area contributed by atoms with Gasteiger partial charge in [0.15, 0.2) is 0 Å². The number of ether oxygens (including phenoxy) is 1. The van der Waals surface area contributed by atoms with Gasteiger partial charge >= 0.3 is 6.09 Å². The van der Waals surface area contributed by atoms with Gasteiger partial charge in [0.1, 0.15) is 0 Å². The third-order valence-corrected chi connectivity index (χ3v) is 3.13. The number of hydrogen-bond acceptors (Lipinski definition) is 2. The summed E-state index contributed by atoms with van der Waals surface area (Å²) in [6, 6.07) is 7.32. The lowest BCUT2D eigenvalue weighted by Gasteiger charge is -2.28. The van der Waals surface area contributed by atoms with E-state index < -0.39 is 0 Å². The van der Waals surface area contributed by atoms with Crippen LogP contribution >= 0.6 is 11.6 Å². The minimum Gasteiger partial charge on any atom is -0.449 e. The normalized spacial score (nSPS) is 17.6. The fraction of sp³-hybridized carbons (Fsp3) is 0.312. The summed E-state index contributed by atoms with van der Waals surface area (Å²) in [4.78, 5) is 13.7. The molecule has 1 aliphatic heterocycles. The maximum absolute atomic E-state index is 12.2. The van der Waals surface area contributed by atoms with Crippen molar-refractivity contribution in [2.75, 3.05) is 6.61 Å². The molecule has 1 amide bonds. The Balaban J connectivity index is 2.16. The van der Waals surface area contributed by atoms with E-state index in [0.717, 1.165) is 5.56 Å². The Hall–Kier alpha value is -1.74. The Kier molecular flexibility index (Phi) is 4.85. The summed E-state index contributed by atoms with van der Waals surface area (Å²) in [5, 5.41) is 0.654. The van der Waals surface area contributed by atoms with Crippen LogP contribution in [-0.2, 0) is 4.74 Å². The van der Waals surface area contributed by atoms with E-state index in [9.17, 15) is 4.79 Å². The first kappa shape index (κ1) is 14.7. The van der Waals surface area contributed by atoms with Crippen molar-refractivity contribution in [3.63, 3.8) is 0 Å². The summed E-state index contributed by atoms with van der Waals surface area (Å²) in [6.45, 7) is 4.43. The fourth-order valence-electron chi connectivity index (χ4n) is 1.95. The highest BCUT2D eigenvalue weighted by molar-refractivity contribution is 6.30. The van der Waals surface area contributed by atoms with Crippen molar-refractivity contribution in [3.05, 3.63) is 59.3 Å². The lowest BCUT2D eigenvalue weighted by molar-refractivity contribution is 0.0988. The molecule has 0 bridgehead atoms. The van der Waals surface area contributed by atoms with E-state index in [4.69, 9.17) is 16.3 Å². The zero-order valence-corrected chi connectivity index (χ0v) is 12.4. The van der Waals surface area contributed by atoms with Crippen molar-refractivity contribution in [2.24, 2.45) is 5.92 Å². The Morgan fingerprint density at radius 1 is 1.40 bits per heavy atom. The minimum absolute atomic E-state index is 0.182. The topological polar surface area (TPSA) is 29.5 Å². The van der Waals surface area contributed by atoms with Gasteiger partial charge < -0.3 is 4.74 Å². The molecule has 1 heterocycles. The molecule has 2 rings (SSSR count). The molecule has 20 heavy (non-hydrogen) atoms. The summed E-state index contributed by atoms with van der Waals surface area (Å²) < 4.78 is 5.29. The predicted octanol–water partition coefficient (Wildman–Crippen LogP) is 4.56. The van der Waals surface area contributed by atoms with Crippen LogP contribution in [0, 0.1) is 5.92 Å². The van der Waals surface area contributed by atoms with Crippen LogP contribution < -0.4 is 0 Å². The van der Waals surface area contributed by atoms with Crippen LogP contribution in [0.15, 0.2) is 48.7 Å². The average molecular weight is 292 g/mol. The zero-order chi connectivity index (χ0) is 14.5. The molecular weight excluding hydrogens is 274 g/mol. The number of benzene rings is 1. The van der Waals surface area contributed by atoms with Crippen LogP contribution in [0.5, 0.6) is 0 Å². The van der Waals surface area contributed by atoms with Gasteiger partial charge in [-0.1, -0.05) is 49.7 Å². The number of allylic oxidation sites excluding steroid dienone is 2. The highest BCUT2D eigenvalue weighted by atomic mass is 35.5. The van der Waals surface area contributed by atoms with Gasteiger partial charge in [0, 0.05) is 11.2 Å². The predicted molar refractivity (Wildman–Crippen MR) is 80.5 cm³/mol. The number of carbonyl (C=O) groups is 1. The number of halogens is 1. The second-order valence-electron chi connectivity index (χ2n) is 5.10. The van der Waals surface area contributed by atoms with Crippen molar-refractivity contribution < 1.29 is 9.53 Å². The third-order valence-electron chi connectivity index (χ3n) is 2.89. The molecule has 1 aromatic carbocycles. The fourth-order valence-corrected chi connectivity index (χ4v) is 2.15. The third kappa shape index (κ3) is 3.64. The number of nitrogens with zero attached hydrogens (tertiary/aromatic N) is 1. The quantitative estimate of drug-likeness (QED) is 0.817. The van der Waals surface area contributed by atoms with Gasteiger partial charge in [-0.2, -0.15) is 0 Å². The van der Waals surface area contributed by atoms with Crippen molar-refractivity contribution in [3.8, 4) is 0 Å². The van der Waals surface area contributed by atoms with Gasteiger partial charge in [0.25, 0.3) is 0 Å². The van der Waals surface area contributed by atoms with Crippen LogP contribution in [0.3, 0.4) is 0 Å². The number of amides is 1. The summed E-state index contributed by atoms with van der Waals surface area (Å²) in [6.07, 6.45) is 7.07. The Bertz CT molecular complexity index is 537. The molecule has 0 N–H and O–H groups in total. The van der Waals surface area contributed by atoms with Crippen molar-refractivity contribution in [2.45, 2.75) is 19.9 Å². The molecule has 0 aliphatic carbocycles. The van der Waals surface area contributed by atoms with E-state index in [2.05, 4.69) is 0 Å². The van der Waals surface area contributed by atoms with Gasteiger partial charge in [-0.3, -0.25) is 4.90 Å².